The Kier molecular flexibility index (Phi) is 7.93. The number of carbonyl (C=O) groups excluding carboxylic acids is 3. The second kappa shape index (κ2) is 10.8. The number of aryl methyl sites for hydroxylation is 2. The van der Waals surface area contributed by atoms with Crippen molar-refractivity contribution in [3.8, 4) is 5.75 Å². The number of fused-ring (bicyclic) bond motifs is 1. The number of carbonyl (C=O) groups is 3. The fourth-order valence-electron chi connectivity index (χ4n) is 5.40. The fourth-order valence-corrected chi connectivity index (χ4v) is 6.23. The van der Waals surface area contributed by atoms with Crippen molar-refractivity contribution in [3.05, 3.63) is 57.5 Å². The number of imide groups is 1. The van der Waals surface area contributed by atoms with Crippen LogP contribution in [0.5, 0.6) is 5.75 Å². The molecule has 3 amide bonds. The van der Waals surface area contributed by atoms with Gasteiger partial charge in [-0.05, 0) is 99.2 Å². The minimum absolute atomic E-state index is 0.0233. The monoisotopic (exact) mass is 535 g/mol. The van der Waals surface area contributed by atoms with Gasteiger partial charge in [0.25, 0.3) is 11.1 Å². The first kappa shape index (κ1) is 27.8. The highest BCUT2D eigenvalue weighted by Gasteiger charge is 2.38. The zero-order valence-corrected chi connectivity index (χ0v) is 24.1. The average molecular weight is 536 g/mol. The Hall–Kier alpha value is -3.26. The highest BCUT2D eigenvalue weighted by molar-refractivity contribution is 8.18. The number of nitrogens with zero attached hydrogens (tertiary/aromatic N) is 2. The number of methoxy groups -OCH3 is 1. The maximum Gasteiger partial charge on any atom is 0.294 e. The number of hydrogen-bond acceptors (Lipinski definition) is 6. The average Bonchev–Trinajstić information content (AvgIpc) is 3.10. The third kappa shape index (κ3) is 5.46. The second-order valence-corrected chi connectivity index (χ2v) is 11.8. The molecule has 2 aliphatic rings. The molecule has 1 saturated heterocycles. The Labute approximate surface area is 229 Å². The van der Waals surface area contributed by atoms with E-state index in [9.17, 15) is 14.4 Å². The van der Waals surface area contributed by atoms with Crippen LogP contribution < -0.4 is 15.0 Å². The summed E-state index contributed by atoms with van der Waals surface area (Å²) in [7, 11) is 1.61. The first-order chi connectivity index (χ1) is 17.9. The smallest absolute Gasteiger partial charge is 0.294 e. The summed E-state index contributed by atoms with van der Waals surface area (Å²) in [4.78, 5) is 42.2. The third-order valence-corrected chi connectivity index (χ3v) is 8.34. The molecule has 1 N–H and O–H groups in total. The molecule has 0 saturated carbocycles. The van der Waals surface area contributed by atoms with Gasteiger partial charge in [0.1, 0.15) is 12.3 Å². The predicted molar refractivity (Wildman–Crippen MR) is 155 cm³/mol. The quantitative estimate of drug-likeness (QED) is 0.408. The van der Waals surface area contributed by atoms with Gasteiger partial charge in [0.05, 0.1) is 12.0 Å². The van der Waals surface area contributed by atoms with E-state index in [0.29, 0.717) is 17.4 Å². The molecule has 2 aliphatic heterocycles. The Morgan fingerprint density at radius 2 is 1.92 bits per heavy atom. The molecule has 2 heterocycles. The van der Waals surface area contributed by atoms with Crippen LogP contribution in [0, 0.1) is 13.8 Å². The molecule has 4 rings (SSSR count). The van der Waals surface area contributed by atoms with Crippen molar-refractivity contribution in [2.24, 2.45) is 0 Å². The Morgan fingerprint density at radius 1 is 1.18 bits per heavy atom. The van der Waals surface area contributed by atoms with Crippen molar-refractivity contribution in [1.82, 2.24) is 4.90 Å². The van der Waals surface area contributed by atoms with E-state index in [2.05, 4.69) is 50.0 Å². The van der Waals surface area contributed by atoms with Gasteiger partial charge in [0.15, 0.2) is 0 Å². The molecule has 2 aromatic carbocycles. The van der Waals surface area contributed by atoms with Crippen molar-refractivity contribution in [2.45, 2.75) is 65.8 Å². The standard InChI is InChI=1S/C30H37N3O4S/c1-8-11-33-24-15-25(37-7)21(13-23(24)20(4)16-30(33,5)6)14-26-28(35)32(29(36)38-26)17-27(34)31-22-10-9-18(2)19(3)12-22/h9-10,12-15,20H,8,11,16-17H2,1-7H3,(H,31,34)/b26-14+. The van der Waals surface area contributed by atoms with Gasteiger partial charge >= 0.3 is 0 Å². The van der Waals surface area contributed by atoms with Gasteiger partial charge in [-0.25, -0.2) is 0 Å². The van der Waals surface area contributed by atoms with Crippen LogP contribution in [0.2, 0.25) is 0 Å². The summed E-state index contributed by atoms with van der Waals surface area (Å²) < 4.78 is 5.74. The summed E-state index contributed by atoms with van der Waals surface area (Å²) in [6.45, 7) is 13.5. The van der Waals surface area contributed by atoms with Gasteiger partial charge in [-0.3, -0.25) is 19.3 Å². The van der Waals surface area contributed by atoms with E-state index in [1.54, 1.807) is 19.3 Å². The summed E-state index contributed by atoms with van der Waals surface area (Å²) >= 11 is 0.848. The molecule has 7 nitrogen and oxygen atoms in total. The van der Waals surface area contributed by atoms with E-state index in [1.807, 2.05) is 26.0 Å². The molecule has 8 heteroatoms. The number of anilines is 2. The van der Waals surface area contributed by atoms with E-state index >= 15 is 0 Å². The molecule has 1 atom stereocenters. The Bertz CT molecular complexity index is 1320. The van der Waals surface area contributed by atoms with Gasteiger partial charge < -0.3 is 15.0 Å². The van der Waals surface area contributed by atoms with Crippen LogP contribution in [0.1, 0.15) is 68.7 Å². The van der Waals surface area contributed by atoms with E-state index < -0.39 is 17.1 Å². The number of nitrogens with one attached hydrogen (secondary N) is 1. The summed E-state index contributed by atoms with van der Waals surface area (Å²) in [6, 6.07) is 9.73. The minimum atomic E-state index is -0.475. The maximum absolute atomic E-state index is 13.2. The van der Waals surface area contributed by atoms with Crippen molar-refractivity contribution >= 4 is 46.3 Å². The van der Waals surface area contributed by atoms with Gasteiger partial charge in [-0.15, -0.1) is 0 Å². The molecule has 0 radical (unpaired) electrons. The van der Waals surface area contributed by atoms with Crippen LogP contribution in [-0.2, 0) is 9.59 Å². The van der Waals surface area contributed by atoms with E-state index in [-0.39, 0.29) is 17.0 Å². The molecule has 0 bridgehead atoms. The molecule has 1 fully saturated rings. The number of ether oxygens (including phenoxy) is 1. The highest BCUT2D eigenvalue weighted by atomic mass is 32.2. The first-order valence-corrected chi connectivity index (χ1v) is 13.9. The number of amides is 3. The first-order valence-electron chi connectivity index (χ1n) is 13.1. The van der Waals surface area contributed by atoms with Crippen LogP contribution >= 0.6 is 11.8 Å². The zero-order chi connectivity index (χ0) is 27.8. The number of benzene rings is 2. The topological polar surface area (TPSA) is 79.0 Å². The van der Waals surface area contributed by atoms with E-state index in [0.717, 1.165) is 58.4 Å². The predicted octanol–water partition coefficient (Wildman–Crippen LogP) is 6.49. The molecule has 0 spiro atoms. The number of thioether (sulfide) groups is 1. The molecular weight excluding hydrogens is 498 g/mol. The lowest BCUT2D eigenvalue weighted by molar-refractivity contribution is -0.127. The molecule has 202 valence electrons. The van der Waals surface area contributed by atoms with Crippen LogP contribution in [0.15, 0.2) is 35.2 Å². The van der Waals surface area contributed by atoms with E-state index in [4.69, 9.17) is 4.74 Å². The van der Waals surface area contributed by atoms with Crippen LogP contribution in [-0.4, -0.2) is 47.7 Å². The summed E-state index contributed by atoms with van der Waals surface area (Å²) in [5, 5.41) is 2.32. The van der Waals surface area contributed by atoms with Gasteiger partial charge in [-0.1, -0.05) is 19.9 Å². The second-order valence-electron chi connectivity index (χ2n) is 10.8. The summed E-state index contributed by atoms with van der Waals surface area (Å²) in [6.07, 6.45) is 3.76. The summed E-state index contributed by atoms with van der Waals surface area (Å²) in [5.41, 5.74) is 5.93. The Morgan fingerprint density at radius 3 is 2.58 bits per heavy atom. The third-order valence-electron chi connectivity index (χ3n) is 7.44. The van der Waals surface area contributed by atoms with Crippen LogP contribution in [0.25, 0.3) is 6.08 Å². The number of hydrogen-bond donors (Lipinski definition) is 1. The molecule has 0 aliphatic carbocycles. The molecule has 38 heavy (non-hydrogen) atoms. The van der Waals surface area contributed by atoms with Crippen molar-refractivity contribution in [3.63, 3.8) is 0 Å². The lowest BCUT2D eigenvalue weighted by atomic mass is 9.79. The molecule has 1 unspecified atom stereocenters. The van der Waals surface area contributed by atoms with Crippen LogP contribution in [0.3, 0.4) is 0 Å². The maximum atomic E-state index is 13.2. The fraction of sp³-hybridized carbons (Fsp3) is 0.433. The highest BCUT2D eigenvalue weighted by Crippen LogP contribution is 2.46. The molecular formula is C30H37N3O4S. The minimum Gasteiger partial charge on any atom is -0.496 e. The Balaban J connectivity index is 1.58. The van der Waals surface area contributed by atoms with Crippen LogP contribution in [0.4, 0.5) is 16.2 Å². The number of rotatable bonds is 7. The van der Waals surface area contributed by atoms with Crippen molar-refractivity contribution in [2.75, 3.05) is 30.4 Å². The van der Waals surface area contributed by atoms with Crippen molar-refractivity contribution < 1.29 is 19.1 Å². The van der Waals surface area contributed by atoms with Gasteiger partial charge in [0, 0.05) is 35.1 Å². The largest absolute Gasteiger partial charge is 0.496 e. The normalized spacial score (nSPS) is 19.7. The molecule has 0 aromatic heterocycles. The lowest BCUT2D eigenvalue weighted by Crippen LogP contribution is -2.48. The molecule has 2 aromatic rings. The van der Waals surface area contributed by atoms with Gasteiger partial charge in [-0.2, -0.15) is 0 Å². The van der Waals surface area contributed by atoms with E-state index in [1.165, 1.54) is 5.56 Å². The lowest BCUT2D eigenvalue weighted by Gasteiger charge is -2.47. The van der Waals surface area contributed by atoms with Gasteiger partial charge in [0.2, 0.25) is 5.91 Å². The van der Waals surface area contributed by atoms with Crippen molar-refractivity contribution in [1.29, 1.82) is 0 Å². The zero-order valence-electron chi connectivity index (χ0n) is 23.3. The summed E-state index contributed by atoms with van der Waals surface area (Å²) in [5.74, 6) is 0.0804. The SMILES string of the molecule is CCCN1c2cc(OC)c(/C=C3/SC(=O)N(CC(=O)Nc4ccc(C)c(C)c4)C3=O)cc2C(C)CC1(C)C.